The molecule has 0 saturated heterocycles. The van der Waals surface area contributed by atoms with Crippen LogP contribution < -0.4 is 0 Å². The van der Waals surface area contributed by atoms with Crippen molar-refractivity contribution in [1.82, 2.24) is 0 Å². The van der Waals surface area contributed by atoms with Crippen molar-refractivity contribution in [3.05, 3.63) is 48.0 Å². The molecule has 0 aliphatic heterocycles. The highest BCUT2D eigenvalue weighted by Crippen LogP contribution is 2.09. The van der Waals surface area contributed by atoms with E-state index in [9.17, 15) is 14.4 Å². The average molecular weight is 260 g/mol. The number of ether oxygens (including phenoxy) is 1. The van der Waals surface area contributed by atoms with E-state index in [-0.39, 0.29) is 5.78 Å². The minimum absolute atomic E-state index is 0.0255. The molecule has 4 heteroatoms. The maximum atomic E-state index is 11.5. The first kappa shape index (κ1) is 14.8. The third-order valence-corrected chi connectivity index (χ3v) is 2.70. The largest absolute Gasteiger partial charge is 0.463 e. The summed E-state index contributed by atoms with van der Waals surface area (Å²) >= 11 is 0. The molecule has 0 fully saturated rings. The van der Waals surface area contributed by atoms with Crippen LogP contribution in [0.15, 0.2) is 36.9 Å². The van der Waals surface area contributed by atoms with Gasteiger partial charge in [-0.15, -0.1) is 0 Å². The smallest absolute Gasteiger partial charge is 0.379 e. The Morgan fingerprint density at radius 2 is 1.84 bits per heavy atom. The number of ketones is 2. The van der Waals surface area contributed by atoms with E-state index in [1.807, 2.05) is 0 Å². The Balaban J connectivity index is 2.57. The van der Waals surface area contributed by atoms with Crippen molar-refractivity contribution in [3.63, 3.8) is 0 Å². The van der Waals surface area contributed by atoms with Crippen LogP contribution in [-0.2, 0) is 20.7 Å². The molecule has 1 aromatic carbocycles. The van der Waals surface area contributed by atoms with Gasteiger partial charge in [0.2, 0.25) is 0 Å². The average Bonchev–Trinajstić information content (AvgIpc) is 2.46. The summed E-state index contributed by atoms with van der Waals surface area (Å²) < 4.78 is 4.36. The molecule has 0 unspecified atom stereocenters. The lowest BCUT2D eigenvalue weighted by atomic mass is 10.0. The third-order valence-electron chi connectivity index (χ3n) is 2.70. The Kier molecular flexibility index (Phi) is 5.67. The number of allylic oxidation sites excluding steroid dienone is 1. The van der Waals surface area contributed by atoms with Crippen molar-refractivity contribution in [2.75, 3.05) is 7.11 Å². The monoisotopic (exact) mass is 260 g/mol. The number of hydrogen-bond donors (Lipinski definition) is 0. The van der Waals surface area contributed by atoms with Crippen LogP contribution in [0.1, 0.15) is 28.8 Å². The first-order valence-corrected chi connectivity index (χ1v) is 5.95. The number of hydrogen-bond acceptors (Lipinski definition) is 4. The maximum Gasteiger partial charge on any atom is 0.379 e. The zero-order valence-corrected chi connectivity index (χ0v) is 10.8. The second-order valence-electron chi connectivity index (χ2n) is 4.04. The normalized spacial score (nSPS) is 9.74. The fourth-order valence-electron chi connectivity index (χ4n) is 1.60. The molecule has 1 aromatic rings. The highest BCUT2D eigenvalue weighted by Gasteiger charge is 2.15. The summed E-state index contributed by atoms with van der Waals surface area (Å²) in [5, 5.41) is 0. The summed E-state index contributed by atoms with van der Waals surface area (Å²) in [5.41, 5.74) is 1.32. The van der Waals surface area contributed by atoms with E-state index in [4.69, 9.17) is 0 Å². The number of Topliss-reactive ketones (excluding diaryl/α,β-unsaturated/α-hetero) is 1. The van der Waals surface area contributed by atoms with Crippen molar-refractivity contribution >= 4 is 17.5 Å². The lowest BCUT2D eigenvalue weighted by molar-refractivity contribution is -0.135. The molecule has 0 radical (unpaired) electrons. The van der Waals surface area contributed by atoms with Crippen molar-refractivity contribution < 1.29 is 19.1 Å². The van der Waals surface area contributed by atoms with Gasteiger partial charge in [0, 0.05) is 12.0 Å². The second kappa shape index (κ2) is 7.26. The summed E-state index contributed by atoms with van der Waals surface area (Å²) in [6.07, 6.45) is 3.26. The molecule has 1 rings (SSSR count). The number of benzene rings is 1. The summed E-state index contributed by atoms with van der Waals surface area (Å²) in [4.78, 5) is 33.6. The Hall–Kier alpha value is -2.23. The summed E-state index contributed by atoms with van der Waals surface area (Å²) in [7, 11) is 1.17. The van der Waals surface area contributed by atoms with Gasteiger partial charge in [-0.3, -0.25) is 9.59 Å². The predicted molar refractivity (Wildman–Crippen MR) is 70.9 cm³/mol. The highest BCUT2D eigenvalue weighted by atomic mass is 16.5. The van der Waals surface area contributed by atoms with Gasteiger partial charge in [0.05, 0.1) is 7.11 Å². The minimum atomic E-state index is -0.871. The third kappa shape index (κ3) is 4.50. The van der Waals surface area contributed by atoms with E-state index in [2.05, 4.69) is 11.3 Å². The summed E-state index contributed by atoms with van der Waals surface area (Å²) in [5.74, 6) is -1.50. The molecule has 100 valence electrons. The van der Waals surface area contributed by atoms with E-state index in [0.29, 0.717) is 12.0 Å². The summed E-state index contributed by atoms with van der Waals surface area (Å²) in [6.45, 7) is 3.41. The van der Waals surface area contributed by atoms with Crippen molar-refractivity contribution in [2.24, 2.45) is 0 Å². The van der Waals surface area contributed by atoms with Crippen molar-refractivity contribution in [2.45, 2.75) is 19.3 Å². The molecule has 0 saturated carbocycles. The van der Waals surface area contributed by atoms with Crippen molar-refractivity contribution in [1.29, 1.82) is 0 Å². The SMILES string of the molecule is C=CC(=O)CCCc1ccc(C(=O)C(=O)OC)cc1. The zero-order chi connectivity index (χ0) is 14.3. The lowest BCUT2D eigenvalue weighted by Gasteiger charge is -2.02. The number of methoxy groups -OCH3 is 1. The van der Waals surface area contributed by atoms with Gasteiger partial charge in [0.25, 0.3) is 5.78 Å². The van der Waals surface area contributed by atoms with Gasteiger partial charge in [-0.1, -0.05) is 30.8 Å². The molecule has 0 spiro atoms. The van der Waals surface area contributed by atoms with Crippen LogP contribution >= 0.6 is 0 Å². The Bertz CT molecular complexity index is 485. The van der Waals surface area contributed by atoms with Gasteiger partial charge in [-0.2, -0.15) is 0 Å². The molecular weight excluding hydrogens is 244 g/mol. The standard InChI is InChI=1S/C15H16O4/c1-3-13(16)6-4-5-11-7-9-12(10-8-11)14(17)15(18)19-2/h3,7-10H,1,4-6H2,2H3. The van der Waals surface area contributed by atoms with Crippen LogP contribution in [0.5, 0.6) is 0 Å². The molecule has 0 N–H and O–H groups in total. The molecule has 0 aliphatic carbocycles. The fraction of sp³-hybridized carbons (Fsp3) is 0.267. The van der Waals surface area contributed by atoms with Gasteiger partial charge in [0.1, 0.15) is 0 Å². The number of carbonyl (C=O) groups is 3. The van der Waals surface area contributed by atoms with Crippen LogP contribution in [0, 0.1) is 0 Å². The molecule has 0 amide bonds. The van der Waals surface area contributed by atoms with Crippen LogP contribution in [0.3, 0.4) is 0 Å². The quantitative estimate of drug-likeness (QED) is 0.326. The van der Waals surface area contributed by atoms with Crippen LogP contribution in [0.25, 0.3) is 0 Å². The number of esters is 1. The summed E-state index contributed by atoms with van der Waals surface area (Å²) in [6, 6.07) is 6.72. The van der Waals surface area contributed by atoms with E-state index < -0.39 is 11.8 Å². The molecular formula is C15H16O4. The van der Waals surface area contributed by atoms with Crippen LogP contribution in [0.4, 0.5) is 0 Å². The Labute approximate surface area is 112 Å². The van der Waals surface area contributed by atoms with Gasteiger partial charge >= 0.3 is 5.97 Å². The van der Waals surface area contributed by atoms with Gasteiger partial charge in [-0.05, 0) is 24.5 Å². The molecule has 0 atom stereocenters. The second-order valence-corrected chi connectivity index (χ2v) is 4.04. The van der Waals surface area contributed by atoms with E-state index in [0.717, 1.165) is 18.4 Å². The molecule has 19 heavy (non-hydrogen) atoms. The predicted octanol–water partition coefficient (Wildman–Crippen LogP) is 2.12. The first-order chi connectivity index (χ1) is 9.08. The van der Waals surface area contributed by atoms with Gasteiger partial charge in [-0.25, -0.2) is 4.79 Å². The van der Waals surface area contributed by atoms with E-state index >= 15 is 0 Å². The number of aryl methyl sites for hydroxylation is 1. The van der Waals surface area contributed by atoms with Gasteiger partial charge < -0.3 is 4.74 Å². The fourth-order valence-corrected chi connectivity index (χ4v) is 1.60. The maximum absolute atomic E-state index is 11.5. The van der Waals surface area contributed by atoms with E-state index in [1.165, 1.54) is 13.2 Å². The minimum Gasteiger partial charge on any atom is -0.463 e. The molecule has 0 aromatic heterocycles. The zero-order valence-electron chi connectivity index (χ0n) is 10.8. The Morgan fingerprint density at radius 1 is 1.21 bits per heavy atom. The van der Waals surface area contributed by atoms with E-state index in [1.54, 1.807) is 24.3 Å². The topological polar surface area (TPSA) is 60.4 Å². The number of carbonyl (C=O) groups excluding carboxylic acids is 3. The molecule has 0 heterocycles. The Morgan fingerprint density at radius 3 is 2.37 bits per heavy atom. The molecule has 4 nitrogen and oxygen atoms in total. The lowest BCUT2D eigenvalue weighted by Crippen LogP contribution is -2.15. The number of rotatable bonds is 7. The highest BCUT2D eigenvalue weighted by molar-refractivity contribution is 6.40. The van der Waals surface area contributed by atoms with Gasteiger partial charge in [0.15, 0.2) is 5.78 Å². The van der Waals surface area contributed by atoms with Crippen molar-refractivity contribution in [3.8, 4) is 0 Å². The van der Waals surface area contributed by atoms with Crippen LogP contribution in [0.2, 0.25) is 0 Å². The molecule has 0 bridgehead atoms. The molecule has 0 aliphatic rings. The van der Waals surface area contributed by atoms with Crippen LogP contribution in [-0.4, -0.2) is 24.6 Å². The first-order valence-electron chi connectivity index (χ1n) is 5.95.